The van der Waals surface area contributed by atoms with Gasteiger partial charge in [-0.2, -0.15) is 0 Å². The van der Waals surface area contributed by atoms with E-state index in [1.165, 1.54) is 11.1 Å². The van der Waals surface area contributed by atoms with Crippen LogP contribution in [0.25, 0.3) is 5.70 Å². The van der Waals surface area contributed by atoms with Crippen molar-refractivity contribution >= 4 is 11.7 Å². The van der Waals surface area contributed by atoms with Crippen molar-refractivity contribution in [1.82, 2.24) is 10.6 Å². The lowest BCUT2D eigenvalue weighted by atomic mass is 9.83. The number of hydrogen-bond acceptors (Lipinski definition) is 3. The van der Waals surface area contributed by atoms with Gasteiger partial charge < -0.3 is 20.1 Å². The van der Waals surface area contributed by atoms with Gasteiger partial charge >= 0.3 is 6.03 Å². The fraction of sp³-hybridized carbons (Fsp3) is 0.250. The Morgan fingerprint density at radius 2 is 1.80 bits per heavy atom. The first kappa shape index (κ1) is 14.4. The van der Waals surface area contributed by atoms with E-state index in [1.807, 2.05) is 30.3 Å². The number of aryl methyl sites for hydroxylation is 1. The van der Waals surface area contributed by atoms with Crippen molar-refractivity contribution in [2.24, 2.45) is 0 Å². The molecule has 1 aliphatic carbocycles. The van der Waals surface area contributed by atoms with Gasteiger partial charge in [-0.05, 0) is 41.7 Å². The van der Waals surface area contributed by atoms with Gasteiger partial charge in [-0.15, -0.1) is 0 Å². The standard InChI is InChI=1S/C20H18N2O3/c23-20-21-18(13-6-8-16-17(11-13)25-10-9-24-16)15-7-5-12-3-1-2-4-14(12)19(15)22-20/h1-4,6,8,11,18H,5,7,9-10H2,(H2,21,22,23). The van der Waals surface area contributed by atoms with Crippen molar-refractivity contribution in [2.45, 2.75) is 18.9 Å². The highest BCUT2D eigenvalue weighted by molar-refractivity contribution is 5.91. The molecular formula is C20H18N2O3. The molecule has 2 heterocycles. The molecule has 0 fully saturated rings. The second-order valence-corrected chi connectivity index (χ2v) is 6.49. The molecule has 1 atom stereocenters. The van der Waals surface area contributed by atoms with Crippen LogP contribution in [-0.4, -0.2) is 19.2 Å². The number of ether oxygens (including phenoxy) is 2. The minimum atomic E-state index is -0.171. The van der Waals surface area contributed by atoms with Gasteiger partial charge in [0.2, 0.25) is 0 Å². The fourth-order valence-electron chi connectivity index (χ4n) is 3.88. The first-order valence-corrected chi connectivity index (χ1v) is 8.58. The van der Waals surface area contributed by atoms with Crippen molar-refractivity contribution in [3.05, 3.63) is 64.7 Å². The summed E-state index contributed by atoms with van der Waals surface area (Å²) in [6.07, 6.45) is 1.90. The van der Waals surface area contributed by atoms with E-state index in [0.29, 0.717) is 13.2 Å². The summed E-state index contributed by atoms with van der Waals surface area (Å²) in [7, 11) is 0. The van der Waals surface area contributed by atoms with Gasteiger partial charge in [-0.3, -0.25) is 0 Å². The summed E-state index contributed by atoms with van der Waals surface area (Å²) in [5.41, 5.74) is 5.59. The number of carbonyl (C=O) groups excluding carboxylic acids is 1. The van der Waals surface area contributed by atoms with Crippen LogP contribution >= 0.6 is 0 Å². The molecule has 2 amide bonds. The van der Waals surface area contributed by atoms with E-state index in [4.69, 9.17) is 9.47 Å². The lowest BCUT2D eigenvalue weighted by Gasteiger charge is -2.34. The lowest BCUT2D eigenvalue weighted by Crippen LogP contribution is -2.44. The Balaban J connectivity index is 1.61. The van der Waals surface area contributed by atoms with Crippen LogP contribution in [0.4, 0.5) is 4.79 Å². The summed E-state index contributed by atoms with van der Waals surface area (Å²) < 4.78 is 11.3. The third kappa shape index (κ3) is 2.35. The van der Waals surface area contributed by atoms with Crippen molar-refractivity contribution in [3.8, 4) is 11.5 Å². The van der Waals surface area contributed by atoms with Crippen LogP contribution in [-0.2, 0) is 6.42 Å². The molecule has 1 unspecified atom stereocenters. The number of carbonyl (C=O) groups is 1. The van der Waals surface area contributed by atoms with Crippen LogP contribution in [0.2, 0.25) is 0 Å². The Hall–Kier alpha value is -2.95. The topological polar surface area (TPSA) is 59.6 Å². The molecule has 0 saturated carbocycles. The molecule has 0 spiro atoms. The Labute approximate surface area is 145 Å². The summed E-state index contributed by atoms with van der Waals surface area (Å²) in [5, 5.41) is 6.08. The summed E-state index contributed by atoms with van der Waals surface area (Å²) in [6.45, 7) is 1.12. The average Bonchev–Trinajstić information content (AvgIpc) is 2.67. The van der Waals surface area contributed by atoms with Crippen molar-refractivity contribution in [2.75, 3.05) is 13.2 Å². The van der Waals surface area contributed by atoms with E-state index in [1.54, 1.807) is 0 Å². The third-order valence-electron chi connectivity index (χ3n) is 5.03. The van der Waals surface area contributed by atoms with Crippen LogP contribution in [0.1, 0.15) is 29.2 Å². The second kappa shape index (κ2) is 5.55. The Morgan fingerprint density at radius 3 is 2.72 bits per heavy atom. The van der Waals surface area contributed by atoms with Gasteiger partial charge in [0.1, 0.15) is 13.2 Å². The normalized spacial score (nSPS) is 21.0. The lowest BCUT2D eigenvalue weighted by molar-refractivity contribution is 0.171. The summed E-state index contributed by atoms with van der Waals surface area (Å²) in [4.78, 5) is 12.3. The van der Waals surface area contributed by atoms with Crippen molar-refractivity contribution < 1.29 is 14.3 Å². The van der Waals surface area contributed by atoms with Gasteiger partial charge in [0.05, 0.1) is 11.7 Å². The number of nitrogens with one attached hydrogen (secondary N) is 2. The van der Waals surface area contributed by atoms with Crippen molar-refractivity contribution in [1.29, 1.82) is 0 Å². The highest BCUT2D eigenvalue weighted by Gasteiger charge is 2.32. The van der Waals surface area contributed by atoms with E-state index in [2.05, 4.69) is 22.8 Å². The number of amides is 2. The van der Waals surface area contributed by atoms with Crippen LogP contribution in [0.15, 0.2) is 48.0 Å². The van der Waals surface area contributed by atoms with E-state index in [0.717, 1.165) is 41.2 Å². The Bertz CT molecular complexity index is 904. The highest BCUT2D eigenvalue weighted by atomic mass is 16.6. The van der Waals surface area contributed by atoms with Gasteiger partial charge in [0, 0.05) is 5.56 Å². The zero-order valence-corrected chi connectivity index (χ0v) is 13.7. The smallest absolute Gasteiger partial charge is 0.319 e. The molecule has 5 nitrogen and oxygen atoms in total. The van der Waals surface area contributed by atoms with Gasteiger partial charge in [-0.1, -0.05) is 30.3 Å². The molecule has 5 heteroatoms. The number of hydrogen-bond donors (Lipinski definition) is 2. The SMILES string of the molecule is O=C1NC2=C(CCc3ccccc32)C(c2ccc3c(c2)OCCO3)N1. The molecular weight excluding hydrogens is 316 g/mol. The maximum Gasteiger partial charge on any atom is 0.319 e. The molecule has 0 radical (unpaired) electrons. The van der Waals surface area contributed by atoms with E-state index in [9.17, 15) is 4.79 Å². The maximum atomic E-state index is 12.3. The first-order chi connectivity index (χ1) is 12.3. The fourth-order valence-corrected chi connectivity index (χ4v) is 3.88. The van der Waals surface area contributed by atoms with Crippen molar-refractivity contribution in [3.63, 3.8) is 0 Å². The number of fused-ring (bicyclic) bond motifs is 3. The molecule has 2 aliphatic heterocycles. The summed E-state index contributed by atoms with van der Waals surface area (Å²) in [6, 6.07) is 13.9. The zero-order valence-electron chi connectivity index (χ0n) is 13.7. The highest BCUT2D eigenvalue weighted by Crippen LogP contribution is 2.41. The molecule has 3 aliphatic rings. The monoisotopic (exact) mass is 334 g/mol. The molecule has 0 bridgehead atoms. The van der Waals surface area contributed by atoms with Gasteiger partial charge in [0.15, 0.2) is 11.5 Å². The molecule has 2 aromatic rings. The Kier molecular flexibility index (Phi) is 3.20. The molecule has 0 saturated heterocycles. The van der Waals surface area contributed by atoms with E-state index in [-0.39, 0.29) is 12.1 Å². The van der Waals surface area contributed by atoms with Crippen LogP contribution in [0, 0.1) is 0 Å². The van der Waals surface area contributed by atoms with Gasteiger partial charge in [0.25, 0.3) is 0 Å². The predicted molar refractivity (Wildman–Crippen MR) is 93.5 cm³/mol. The first-order valence-electron chi connectivity index (χ1n) is 8.58. The minimum absolute atomic E-state index is 0.145. The van der Waals surface area contributed by atoms with Crippen LogP contribution in [0.3, 0.4) is 0 Å². The number of benzene rings is 2. The Morgan fingerprint density at radius 1 is 0.960 bits per heavy atom. The molecule has 2 aromatic carbocycles. The molecule has 0 aromatic heterocycles. The average molecular weight is 334 g/mol. The number of urea groups is 1. The predicted octanol–water partition coefficient (Wildman–Crippen LogP) is 3.17. The van der Waals surface area contributed by atoms with E-state index < -0.39 is 0 Å². The van der Waals surface area contributed by atoms with Crippen LogP contribution < -0.4 is 20.1 Å². The molecule has 2 N–H and O–H groups in total. The quantitative estimate of drug-likeness (QED) is 0.842. The third-order valence-corrected chi connectivity index (χ3v) is 5.03. The summed E-state index contributed by atoms with van der Waals surface area (Å²) in [5.74, 6) is 1.51. The molecule has 5 rings (SSSR count). The molecule has 126 valence electrons. The number of rotatable bonds is 1. The zero-order chi connectivity index (χ0) is 16.8. The molecule has 25 heavy (non-hydrogen) atoms. The maximum absolute atomic E-state index is 12.3. The van der Waals surface area contributed by atoms with E-state index >= 15 is 0 Å². The second-order valence-electron chi connectivity index (χ2n) is 6.49. The van der Waals surface area contributed by atoms with Crippen LogP contribution in [0.5, 0.6) is 11.5 Å². The minimum Gasteiger partial charge on any atom is -0.486 e. The summed E-state index contributed by atoms with van der Waals surface area (Å²) >= 11 is 0. The largest absolute Gasteiger partial charge is 0.486 e. The van der Waals surface area contributed by atoms with Gasteiger partial charge in [-0.25, -0.2) is 4.79 Å².